The first-order chi connectivity index (χ1) is 8.88. The largest absolute Gasteiger partial charge is 0.418 e. The van der Waals surface area contributed by atoms with E-state index >= 15 is 0 Å². The standard InChI is InChI=1S/C12H7BrF3NOS/c13-7-3-4-9(8(6-7)12(14,15)16)17-11(18)10-2-1-5-19-10/h1-6H,(H,17,18). The van der Waals surface area contributed by atoms with Gasteiger partial charge in [0.15, 0.2) is 0 Å². The lowest BCUT2D eigenvalue weighted by molar-refractivity contribution is -0.136. The van der Waals surface area contributed by atoms with Crippen LogP contribution in [0.5, 0.6) is 0 Å². The van der Waals surface area contributed by atoms with Gasteiger partial charge in [-0.15, -0.1) is 11.3 Å². The van der Waals surface area contributed by atoms with Gasteiger partial charge in [0.2, 0.25) is 0 Å². The summed E-state index contributed by atoms with van der Waals surface area (Å²) in [6.45, 7) is 0. The number of hydrogen-bond acceptors (Lipinski definition) is 2. The number of carbonyl (C=O) groups excluding carboxylic acids is 1. The summed E-state index contributed by atoms with van der Waals surface area (Å²) in [5.74, 6) is -0.553. The lowest BCUT2D eigenvalue weighted by atomic mass is 10.1. The summed E-state index contributed by atoms with van der Waals surface area (Å²) in [7, 11) is 0. The van der Waals surface area contributed by atoms with Gasteiger partial charge in [-0.3, -0.25) is 4.79 Å². The van der Waals surface area contributed by atoms with Gasteiger partial charge in [0, 0.05) is 4.47 Å². The molecule has 0 atom stereocenters. The highest BCUT2D eigenvalue weighted by Gasteiger charge is 2.34. The Kier molecular flexibility index (Phi) is 3.96. The van der Waals surface area contributed by atoms with E-state index in [1.807, 2.05) is 0 Å². The van der Waals surface area contributed by atoms with Gasteiger partial charge >= 0.3 is 6.18 Å². The number of anilines is 1. The van der Waals surface area contributed by atoms with E-state index < -0.39 is 17.6 Å². The van der Waals surface area contributed by atoms with Crippen LogP contribution >= 0.6 is 27.3 Å². The SMILES string of the molecule is O=C(Nc1ccc(Br)cc1C(F)(F)F)c1cccs1. The van der Waals surface area contributed by atoms with Gasteiger partial charge < -0.3 is 5.32 Å². The van der Waals surface area contributed by atoms with E-state index in [0.29, 0.717) is 9.35 Å². The summed E-state index contributed by atoms with van der Waals surface area (Å²) in [6, 6.07) is 6.81. The van der Waals surface area contributed by atoms with Crippen molar-refractivity contribution in [3.8, 4) is 0 Å². The third-order valence-electron chi connectivity index (χ3n) is 2.28. The highest BCUT2D eigenvalue weighted by molar-refractivity contribution is 9.10. The number of nitrogens with one attached hydrogen (secondary N) is 1. The molecule has 1 N–H and O–H groups in total. The number of rotatable bonds is 2. The monoisotopic (exact) mass is 349 g/mol. The molecule has 0 aliphatic heterocycles. The number of halogens is 4. The Labute approximate surface area is 119 Å². The Morgan fingerprint density at radius 3 is 2.58 bits per heavy atom. The van der Waals surface area contributed by atoms with Crippen LogP contribution in [0.15, 0.2) is 40.2 Å². The summed E-state index contributed by atoms with van der Waals surface area (Å²) in [6.07, 6.45) is -4.53. The van der Waals surface area contributed by atoms with Crippen LogP contribution in [-0.4, -0.2) is 5.91 Å². The van der Waals surface area contributed by atoms with Crippen LogP contribution < -0.4 is 5.32 Å². The first-order valence-corrected chi connectivity index (χ1v) is 6.77. The molecular formula is C12H7BrF3NOS. The van der Waals surface area contributed by atoms with Crippen molar-refractivity contribution in [3.63, 3.8) is 0 Å². The van der Waals surface area contributed by atoms with Gasteiger partial charge in [0.05, 0.1) is 16.1 Å². The van der Waals surface area contributed by atoms with E-state index in [1.54, 1.807) is 17.5 Å². The van der Waals surface area contributed by atoms with Crippen LogP contribution in [0.2, 0.25) is 0 Å². The van der Waals surface area contributed by atoms with E-state index in [1.165, 1.54) is 12.1 Å². The fraction of sp³-hybridized carbons (Fsp3) is 0.0833. The maximum absolute atomic E-state index is 12.9. The minimum Gasteiger partial charge on any atom is -0.321 e. The van der Waals surface area contributed by atoms with Crippen molar-refractivity contribution < 1.29 is 18.0 Å². The Balaban J connectivity index is 2.33. The molecule has 0 aliphatic rings. The molecule has 0 unspecified atom stereocenters. The van der Waals surface area contributed by atoms with Crippen LogP contribution in [0, 0.1) is 0 Å². The second kappa shape index (κ2) is 5.34. The predicted octanol–water partition coefficient (Wildman–Crippen LogP) is 4.78. The van der Waals surface area contributed by atoms with Crippen LogP contribution in [0.4, 0.5) is 18.9 Å². The molecule has 0 saturated carbocycles. The van der Waals surface area contributed by atoms with Crippen molar-refractivity contribution in [2.45, 2.75) is 6.18 Å². The molecule has 1 aromatic carbocycles. The molecule has 1 amide bonds. The highest BCUT2D eigenvalue weighted by atomic mass is 79.9. The summed E-state index contributed by atoms with van der Waals surface area (Å²) >= 11 is 4.15. The van der Waals surface area contributed by atoms with E-state index in [2.05, 4.69) is 21.2 Å². The summed E-state index contributed by atoms with van der Waals surface area (Å²) in [4.78, 5) is 12.1. The zero-order valence-corrected chi connectivity index (χ0v) is 11.7. The number of benzene rings is 1. The quantitative estimate of drug-likeness (QED) is 0.830. The third kappa shape index (κ3) is 3.36. The first-order valence-electron chi connectivity index (χ1n) is 5.09. The van der Waals surface area contributed by atoms with Crippen molar-refractivity contribution in [2.75, 3.05) is 5.32 Å². The van der Waals surface area contributed by atoms with Gasteiger partial charge in [-0.25, -0.2) is 0 Å². The van der Waals surface area contributed by atoms with Gasteiger partial charge in [0.25, 0.3) is 5.91 Å². The van der Waals surface area contributed by atoms with Crippen LogP contribution in [-0.2, 0) is 6.18 Å². The van der Waals surface area contributed by atoms with Gasteiger partial charge in [-0.1, -0.05) is 22.0 Å². The summed E-state index contributed by atoms with van der Waals surface area (Å²) in [5.41, 5.74) is -1.14. The van der Waals surface area contributed by atoms with Gasteiger partial charge in [0.1, 0.15) is 0 Å². The molecule has 2 rings (SSSR count). The molecule has 0 saturated heterocycles. The molecule has 19 heavy (non-hydrogen) atoms. The molecular weight excluding hydrogens is 343 g/mol. The Bertz CT molecular complexity index is 596. The molecule has 0 aliphatic carbocycles. The van der Waals surface area contributed by atoms with Crippen LogP contribution in [0.25, 0.3) is 0 Å². The molecule has 0 spiro atoms. The third-order valence-corrected chi connectivity index (χ3v) is 3.64. The molecule has 1 heterocycles. The second-order valence-corrected chi connectivity index (χ2v) is 5.48. The van der Waals surface area contributed by atoms with Crippen molar-refractivity contribution in [2.24, 2.45) is 0 Å². The lowest BCUT2D eigenvalue weighted by Gasteiger charge is -2.13. The maximum atomic E-state index is 12.9. The minimum atomic E-state index is -4.53. The van der Waals surface area contributed by atoms with Crippen molar-refractivity contribution in [1.82, 2.24) is 0 Å². The molecule has 0 radical (unpaired) electrons. The van der Waals surface area contributed by atoms with E-state index in [4.69, 9.17) is 0 Å². The van der Waals surface area contributed by atoms with Gasteiger partial charge in [-0.05, 0) is 29.6 Å². The van der Waals surface area contributed by atoms with Crippen molar-refractivity contribution in [3.05, 3.63) is 50.6 Å². The lowest BCUT2D eigenvalue weighted by Crippen LogP contribution is -2.15. The molecule has 7 heteroatoms. The molecule has 2 nitrogen and oxygen atoms in total. The van der Waals surface area contributed by atoms with Crippen molar-refractivity contribution in [1.29, 1.82) is 0 Å². The maximum Gasteiger partial charge on any atom is 0.418 e. The molecule has 0 fully saturated rings. The topological polar surface area (TPSA) is 29.1 Å². The normalized spacial score (nSPS) is 11.4. The van der Waals surface area contributed by atoms with Gasteiger partial charge in [-0.2, -0.15) is 13.2 Å². The fourth-order valence-electron chi connectivity index (χ4n) is 1.45. The summed E-state index contributed by atoms with van der Waals surface area (Å²) in [5, 5.41) is 3.96. The van der Waals surface area contributed by atoms with E-state index in [0.717, 1.165) is 17.4 Å². The molecule has 2 aromatic rings. The predicted molar refractivity (Wildman–Crippen MR) is 71.4 cm³/mol. The minimum absolute atomic E-state index is 0.255. The average Bonchev–Trinajstić information content (AvgIpc) is 2.83. The second-order valence-electron chi connectivity index (χ2n) is 3.62. The molecule has 1 aromatic heterocycles. The summed E-state index contributed by atoms with van der Waals surface area (Å²) < 4.78 is 38.9. The van der Waals surface area contributed by atoms with E-state index in [9.17, 15) is 18.0 Å². The Hall–Kier alpha value is -1.34. The number of thiophene rings is 1. The number of amides is 1. The van der Waals surface area contributed by atoms with Crippen LogP contribution in [0.3, 0.4) is 0 Å². The smallest absolute Gasteiger partial charge is 0.321 e. The zero-order chi connectivity index (χ0) is 14.0. The van der Waals surface area contributed by atoms with Crippen molar-refractivity contribution >= 4 is 38.9 Å². The van der Waals surface area contributed by atoms with E-state index in [-0.39, 0.29) is 5.69 Å². The first kappa shape index (κ1) is 14.1. The number of carbonyl (C=O) groups is 1. The Morgan fingerprint density at radius 2 is 2.00 bits per heavy atom. The number of hydrogen-bond donors (Lipinski definition) is 1. The average molecular weight is 350 g/mol. The zero-order valence-electron chi connectivity index (χ0n) is 9.29. The number of alkyl halides is 3. The molecule has 0 bridgehead atoms. The Morgan fingerprint density at radius 1 is 1.26 bits per heavy atom. The molecule has 100 valence electrons. The van der Waals surface area contributed by atoms with Crippen LogP contribution in [0.1, 0.15) is 15.2 Å². The highest BCUT2D eigenvalue weighted by Crippen LogP contribution is 2.36. The fourth-order valence-corrected chi connectivity index (χ4v) is 2.43.